The SMILES string of the molecule is C=C(C)C1C(C)CC(O)CC1C.C=C(C)C1CC(C)C(O)C(C)C1.C=C(C)C1CC(C)C(O)CC1C.CC(C)=CC1C(C)CCCC1O.CC(C)=CC1CC(C)CCC1O.CC(C)=CC1CC(O)CCC1C.CC(C)=CC1CCC(C)CC1O.CC(C)=CC1CCCC(C)C1O.CC(C)=CC1CCCC(O)C1C. The molecule has 9 fully saturated rings. The van der Waals surface area contributed by atoms with E-state index in [4.69, 9.17) is 0 Å². The second-order valence-corrected chi connectivity index (χ2v) is 39.4. The third kappa shape index (κ3) is 41.0. The Morgan fingerprint density at radius 3 is 1.21 bits per heavy atom. The molecule has 9 heteroatoms. The quantitative estimate of drug-likeness (QED) is 0.102. The molecule has 0 amide bonds. The summed E-state index contributed by atoms with van der Waals surface area (Å²) < 4.78 is 0. The van der Waals surface area contributed by atoms with E-state index in [9.17, 15) is 46.0 Å². The molecule has 0 aliphatic heterocycles. The van der Waals surface area contributed by atoms with E-state index in [2.05, 4.69) is 243 Å². The highest BCUT2D eigenvalue weighted by atomic mass is 16.3. The van der Waals surface area contributed by atoms with Crippen LogP contribution in [0.2, 0.25) is 0 Å². The molecule has 9 rings (SSSR count). The largest absolute Gasteiger partial charge is 0.393 e. The fraction of sp³-hybridized carbons (Fsp3) is 0.818. The van der Waals surface area contributed by atoms with E-state index in [0.717, 1.165) is 108 Å². The van der Waals surface area contributed by atoms with Crippen LogP contribution in [0.5, 0.6) is 0 Å². The van der Waals surface area contributed by atoms with Crippen LogP contribution in [-0.4, -0.2) is 101 Å². The van der Waals surface area contributed by atoms with Crippen LogP contribution in [0.4, 0.5) is 0 Å². The second kappa shape index (κ2) is 53.5. The summed E-state index contributed by atoms with van der Waals surface area (Å²) in [5.74, 6) is 11.7. The van der Waals surface area contributed by atoms with Gasteiger partial charge in [-0.3, -0.25) is 0 Å². The first-order valence-corrected chi connectivity index (χ1v) is 44.2. The summed E-state index contributed by atoms with van der Waals surface area (Å²) in [5, 5.41) is 87.0. The summed E-state index contributed by atoms with van der Waals surface area (Å²) in [6.45, 7) is 70.1. The molecule has 9 saturated carbocycles. The first-order chi connectivity index (χ1) is 50.2. The maximum absolute atomic E-state index is 9.84. The van der Waals surface area contributed by atoms with Gasteiger partial charge in [-0.25, -0.2) is 0 Å². The molecule has 108 heavy (non-hydrogen) atoms. The van der Waals surface area contributed by atoms with Gasteiger partial charge < -0.3 is 46.0 Å². The van der Waals surface area contributed by atoms with Crippen molar-refractivity contribution >= 4 is 0 Å². The number of aliphatic hydroxyl groups is 9. The molecule has 630 valence electrons. The Hall–Kier alpha value is -2.70. The zero-order chi connectivity index (χ0) is 82.7. The fourth-order valence-corrected chi connectivity index (χ4v) is 19.4. The van der Waals surface area contributed by atoms with Crippen LogP contribution in [0.25, 0.3) is 0 Å². The van der Waals surface area contributed by atoms with Gasteiger partial charge in [0.05, 0.1) is 54.9 Å². The zero-order valence-electron chi connectivity index (χ0n) is 75.4. The van der Waals surface area contributed by atoms with Crippen LogP contribution in [0.3, 0.4) is 0 Å². The minimum atomic E-state index is -0.103. The van der Waals surface area contributed by atoms with Crippen molar-refractivity contribution in [2.45, 2.75) is 396 Å². The minimum absolute atomic E-state index is 0.0539. The van der Waals surface area contributed by atoms with Crippen molar-refractivity contribution in [3.8, 4) is 0 Å². The summed E-state index contributed by atoms with van der Waals surface area (Å²) in [6, 6.07) is 0. The highest BCUT2D eigenvalue weighted by Gasteiger charge is 2.36. The molecule has 26 atom stereocenters. The molecule has 0 aromatic carbocycles. The highest BCUT2D eigenvalue weighted by molar-refractivity contribution is 5.08. The molecule has 0 bridgehead atoms. The Bertz CT molecular complexity index is 2520. The van der Waals surface area contributed by atoms with Gasteiger partial charge in [0.15, 0.2) is 0 Å². The molecule has 9 nitrogen and oxygen atoms in total. The molecule has 9 aliphatic rings. The van der Waals surface area contributed by atoms with Gasteiger partial charge in [0.1, 0.15) is 0 Å². The summed E-state index contributed by atoms with van der Waals surface area (Å²) in [5.41, 5.74) is 11.9. The zero-order valence-corrected chi connectivity index (χ0v) is 75.4. The van der Waals surface area contributed by atoms with Gasteiger partial charge in [-0.05, 0) is 339 Å². The van der Waals surface area contributed by atoms with Crippen LogP contribution in [0, 0.1) is 124 Å². The molecule has 0 aromatic rings. The molecule has 0 aromatic heterocycles. The van der Waals surface area contributed by atoms with Crippen molar-refractivity contribution in [2.75, 3.05) is 0 Å². The van der Waals surface area contributed by atoms with Crippen LogP contribution < -0.4 is 0 Å². The molecular weight excluding hydrogens is 1330 g/mol. The minimum Gasteiger partial charge on any atom is -0.393 e. The van der Waals surface area contributed by atoms with Crippen molar-refractivity contribution in [2.24, 2.45) is 124 Å². The highest BCUT2D eigenvalue weighted by Crippen LogP contribution is 2.42. The fourth-order valence-electron chi connectivity index (χ4n) is 19.4. The summed E-state index contributed by atoms with van der Waals surface area (Å²) in [6.07, 6.45) is 39.3. The average molecular weight is 1510 g/mol. The van der Waals surface area contributed by atoms with Crippen molar-refractivity contribution in [3.05, 3.63) is 106 Å². The predicted molar refractivity (Wildman–Crippen MR) is 467 cm³/mol. The summed E-state index contributed by atoms with van der Waals surface area (Å²) in [4.78, 5) is 0. The molecule has 0 heterocycles. The van der Waals surface area contributed by atoms with Gasteiger partial charge in [-0.15, -0.1) is 0 Å². The number of aliphatic hydroxyl groups excluding tert-OH is 9. The Morgan fingerprint density at radius 1 is 0.259 bits per heavy atom. The third-order valence-corrected chi connectivity index (χ3v) is 26.0. The third-order valence-electron chi connectivity index (χ3n) is 26.0. The molecule has 9 N–H and O–H groups in total. The van der Waals surface area contributed by atoms with E-state index in [-0.39, 0.29) is 54.9 Å². The lowest BCUT2D eigenvalue weighted by atomic mass is 9.70. The van der Waals surface area contributed by atoms with Gasteiger partial charge >= 0.3 is 0 Å². The van der Waals surface area contributed by atoms with Crippen molar-refractivity contribution < 1.29 is 46.0 Å². The van der Waals surface area contributed by atoms with Gasteiger partial charge in [0.25, 0.3) is 0 Å². The molecule has 26 unspecified atom stereocenters. The number of hydrogen-bond acceptors (Lipinski definition) is 9. The second-order valence-electron chi connectivity index (χ2n) is 39.4. The van der Waals surface area contributed by atoms with E-state index in [0.29, 0.717) is 112 Å². The standard InChI is InChI=1S/9C11H20O/c1-7(2)10-5-9(4)11(12)6-8(10)3;1-7(2)11-8(3)5-10(12)6-9(11)4;1-7(2)10-5-8(3)11(12)9(4)6-10;1-8(2)6-10-7-11(12)5-4-9(10)3;1-8(2)6-10-7-9(3)4-5-11(10)12;1-8(2)6-10-5-4-9(3)7-11(10)12;1-8(2)7-10-5-4-6-11(12)9(10)3;1-8(2)7-10-9(3)5-4-6-11(10)12;1-8(2)7-10-6-4-5-9(3)11(10)12/h3*8-12H,1,5-6H2,2-4H3;3*6,9-12H,4-5,7H2,1-3H3;3*7,9-12H,4-6H2,1-3H3. The molecule has 0 saturated heterocycles. The van der Waals surface area contributed by atoms with E-state index >= 15 is 0 Å². The normalized spacial score (nSPS) is 38.3. The Morgan fingerprint density at radius 2 is 0.713 bits per heavy atom. The number of hydrogen-bond donors (Lipinski definition) is 9. The monoisotopic (exact) mass is 1510 g/mol. The number of allylic oxidation sites excluding steroid dienone is 11. The van der Waals surface area contributed by atoms with E-state index in [1.165, 1.54) is 108 Å². The Labute approximate surface area is 668 Å². The van der Waals surface area contributed by atoms with Gasteiger partial charge in [0, 0.05) is 23.7 Å². The number of rotatable bonds is 9. The van der Waals surface area contributed by atoms with E-state index in [1.807, 2.05) is 0 Å². The van der Waals surface area contributed by atoms with Crippen LogP contribution in [0.1, 0.15) is 341 Å². The van der Waals surface area contributed by atoms with Gasteiger partial charge in [-0.2, -0.15) is 0 Å². The van der Waals surface area contributed by atoms with Crippen molar-refractivity contribution in [3.63, 3.8) is 0 Å². The predicted octanol–water partition coefficient (Wildman–Crippen LogP) is 24.3. The molecular formula is C99H180O9. The van der Waals surface area contributed by atoms with Crippen molar-refractivity contribution in [1.29, 1.82) is 0 Å². The van der Waals surface area contributed by atoms with Gasteiger partial charge in [0.2, 0.25) is 0 Å². The summed E-state index contributed by atoms with van der Waals surface area (Å²) in [7, 11) is 0. The lowest BCUT2D eigenvalue weighted by molar-refractivity contribution is 0.0182. The molecule has 9 aliphatic carbocycles. The molecule has 0 radical (unpaired) electrons. The topological polar surface area (TPSA) is 182 Å². The first-order valence-electron chi connectivity index (χ1n) is 44.2. The lowest BCUT2D eigenvalue weighted by Crippen LogP contribution is -2.34. The summed E-state index contributed by atoms with van der Waals surface area (Å²) >= 11 is 0. The van der Waals surface area contributed by atoms with Crippen LogP contribution in [0.15, 0.2) is 106 Å². The van der Waals surface area contributed by atoms with Gasteiger partial charge in [-0.1, -0.05) is 209 Å². The maximum atomic E-state index is 9.84. The Kier molecular flexibility index (Phi) is 51.1. The van der Waals surface area contributed by atoms with Crippen LogP contribution in [-0.2, 0) is 0 Å². The lowest BCUT2D eigenvalue weighted by Gasteiger charge is -2.37. The first kappa shape index (κ1) is 103. The van der Waals surface area contributed by atoms with E-state index in [1.54, 1.807) is 0 Å². The van der Waals surface area contributed by atoms with Crippen molar-refractivity contribution in [1.82, 2.24) is 0 Å². The maximum Gasteiger partial charge on any atom is 0.0628 e. The smallest absolute Gasteiger partial charge is 0.0628 e. The average Bonchev–Trinajstić information content (AvgIpc) is 0.843. The van der Waals surface area contributed by atoms with E-state index < -0.39 is 0 Å². The Balaban J connectivity index is 0.000000607. The molecule has 0 spiro atoms. The van der Waals surface area contributed by atoms with Crippen LogP contribution >= 0.6 is 0 Å².